The van der Waals surface area contributed by atoms with Crippen LogP contribution < -0.4 is 10.0 Å². The molecule has 1 aromatic heterocycles. The smallest absolute Gasteiger partial charge is 0.240 e. The number of aliphatic hydroxyl groups is 1. The molecule has 0 radical (unpaired) electrons. The first-order valence-corrected chi connectivity index (χ1v) is 9.62. The van der Waals surface area contributed by atoms with E-state index < -0.39 is 15.6 Å². The van der Waals surface area contributed by atoms with Gasteiger partial charge < -0.3 is 10.4 Å². The molecular formula is C16H20N2O4S2. The average Bonchev–Trinajstić information content (AvgIpc) is 2.99. The fourth-order valence-electron chi connectivity index (χ4n) is 2.22. The maximum absolute atomic E-state index is 12.5. The number of carbonyl (C=O) groups excluding carboxylic acids is 1. The summed E-state index contributed by atoms with van der Waals surface area (Å²) in [5.41, 5.74) is -0.250. The van der Waals surface area contributed by atoms with Gasteiger partial charge in [-0.2, -0.15) is 0 Å². The lowest BCUT2D eigenvalue weighted by Gasteiger charge is -2.22. The fourth-order valence-corrected chi connectivity index (χ4v) is 4.36. The molecule has 0 fully saturated rings. The van der Waals surface area contributed by atoms with Gasteiger partial charge in [-0.25, -0.2) is 13.1 Å². The summed E-state index contributed by atoms with van der Waals surface area (Å²) in [6, 6.07) is 8.11. The van der Waals surface area contributed by atoms with E-state index in [2.05, 4.69) is 10.0 Å². The zero-order chi connectivity index (χ0) is 18.0. The van der Waals surface area contributed by atoms with Gasteiger partial charge >= 0.3 is 0 Å². The predicted octanol–water partition coefficient (Wildman–Crippen LogP) is 2.20. The normalized spacial score (nSPS) is 14.2. The summed E-state index contributed by atoms with van der Waals surface area (Å²) < 4.78 is 27.4. The first-order chi connectivity index (χ1) is 11.1. The van der Waals surface area contributed by atoms with E-state index in [1.54, 1.807) is 32.0 Å². The van der Waals surface area contributed by atoms with Crippen LogP contribution in [0.3, 0.4) is 0 Å². The second-order valence-electron chi connectivity index (χ2n) is 5.74. The van der Waals surface area contributed by atoms with Crippen molar-refractivity contribution in [1.82, 2.24) is 4.72 Å². The van der Waals surface area contributed by atoms with Crippen LogP contribution in [0.2, 0.25) is 0 Å². The van der Waals surface area contributed by atoms with E-state index in [1.807, 2.05) is 5.38 Å². The van der Waals surface area contributed by atoms with Crippen molar-refractivity contribution >= 4 is 33.0 Å². The Labute approximate surface area is 145 Å². The van der Waals surface area contributed by atoms with Gasteiger partial charge in [0.2, 0.25) is 15.9 Å². The Bertz CT molecular complexity index is 828. The number of carbonyl (C=O) groups is 1. The van der Waals surface area contributed by atoms with Gasteiger partial charge in [-0.3, -0.25) is 4.79 Å². The number of thiophene rings is 1. The highest BCUT2D eigenvalue weighted by atomic mass is 32.2. The summed E-state index contributed by atoms with van der Waals surface area (Å²) in [5, 5.41) is 14.9. The van der Waals surface area contributed by atoms with Crippen LogP contribution in [0.25, 0.3) is 0 Å². The Hall–Kier alpha value is -1.74. The average molecular weight is 368 g/mol. The molecule has 3 N–H and O–H groups in total. The minimum absolute atomic E-state index is 0.110. The van der Waals surface area contributed by atoms with Crippen molar-refractivity contribution in [1.29, 1.82) is 0 Å². The molecule has 6 nitrogen and oxygen atoms in total. The van der Waals surface area contributed by atoms with Gasteiger partial charge in [0.25, 0.3) is 0 Å². The van der Waals surface area contributed by atoms with E-state index in [9.17, 15) is 18.3 Å². The maximum atomic E-state index is 12.5. The summed E-state index contributed by atoms with van der Waals surface area (Å²) in [6.07, 6.45) is 0. The van der Waals surface area contributed by atoms with Gasteiger partial charge in [-0.05, 0) is 49.1 Å². The van der Waals surface area contributed by atoms with E-state index >= 15 is 0 Å². The molecule has 0 saturated carbocycles. The predicted molar refractivity (Wildman–Crippen MR) is 94.6 cm³/mol. The number of aryl methyl sites for hydroxylation is 1. The first kappa shape index (κ1) is 18.6. The minimum atomic E-state index is -3.78. The number of anilines is 1. The van der Waals surface area contributed by atoms with Gasteiger partial charge in [0.15, 0.2) is 0 Å². The van der Waals surface area contributed by atoms with Gasteiger partial charge in [0, 0.05) is 24.0 Å². The molecule has 2 rings (SSSR count). The Balaban J connectivity index is 2.17. The van der Waals surface area contributed by atoms with E-state index in [0.29, 0.717) is 16.1 Å². The Kier molecular flexibility index (Phi) is 5.44. The summed E-state index contributed by atoms with van der Waals surface area (Å²) in [4.78, 5) is 11.9. The molecule has 0 aliphatic rings. The van der Waals surface area contributed by atoms with E-state index in [4.69, 9.17) is 0 Å². The van der Waals surface area contributed by atoms with Crippen molar-refractivity contribution in [2.75, 3.05) is 11.9 Å². The third-order valence-corrected chi connectivity index (χ3v) is 6.13. The lowest BCUT2D eigenvalue weighted by atomic mass is 10.1. The van der Waals surface area contributed by atoms with Crippen molar-refractivity contribution in [3.8, 4) is 0 Å². The van der Waals surface area contributed by atoms with Crippen molar-refractivity contribution < 1.29 is 18.3 Å². The standard InChI is InChI=1S/C16H20N2O4S2/c1-11-9-13(18-12(2)19)6-7-14(11)24(21,22)17-10-16(3,20)15-5-4-8-23-15/h4-9,17,20H,10H2,1-3H3,(H,18,19). The van der Waals surface area contributed by atoms with Crippen molar-refractivity contribution in [3.63, 3.8) is 0 Å². The number of nitrogens with one attached hydrogen (secondary N) is 2. The Morgan fingerprint density at radius 2 is 2.04 bits per heavy atom. The zero-order valence-electron chi connectivity index (χ0n) is 13.7. The van der Waals surface area contributed by atoms with Gasteiger partial charge in [-0.15, -0.1) is 11.3 Å². The highest BCUT2D eigenvalue weighted by Gasteiger charge is 2.27. The number of rotatable bonds is 6. The summed E-state index contributed by atoms with van der Waals surface area (Å²) in [5.74, 6) is -0.227. The molecule has 1 aromatic carbocycles. The van der Waals surface area contributed by atoms with Crippen LogP contribution >= 0.6 is 11.3 Å². The molecule has 0 spiro atoms. The molecular weight excluding hydrogens is 348 g/mol. The SMILES string of the molecule is CC(=O)Nc1ccc(S(=O)(=O)NCC(C)(O)c2cccs2)c(C)c1. The molecule has 8 heteroatoms. The van der Waals surface area contributed by atoms with Crippen molar-refractivity contribution in [2.24, 2.45) is 0 Å². The second-order valence-corrected chi connectivity index (χ2v) is 8.42. The molecule has 0 saturated heterocycles. The molecule has 1 atom stereocenters. The zero-order valence-corrected chi connectivity index (χ0v) is 15.3. The van der Waals surface area contributed by atoms with Crippen molar-refractivity contribution in [3.05, 3.63) is 46.2 Å². The van der Waals surface area contributed by atoms with Crippen LogP contribution in [-0.2, 0) is 20.4 Å². The van der Waals surface area contributed by atoms with Crippen LogP contribution in [0, 0.1) is 6.92 Å². The summed E-state index contributed by atoms with van der Waals surface area (Å²) in [7, 11) is -3.78. The number of hydrogen-bond acceptors (Lipinski definition) is 5. The minimum Gasteiger partial charge on any atom is -0.383 e. The van der Waals surface area contributed by atoms with E-state index in [0.717, 1.165) is 0 Å². The van der Waals surface area contributed by atoms with Crippen LogP contribution in [0.5, 0.6) is 0 Å². The molecule has 0 aliphatic carbocycles. The molecule has 2 aromatic rings. The lowest BCUT2D eigenvalue weighted by Crippen LogP contribution is -2.38. The van der Waals surface area contributed by atoms with Crippen LogP contribution in [0.1, 0.15) is 24.3 Å². The number of sulfonamides is 1. The topological polar surface area (TPSA) is 95.5 Å². The van der Waals surface area contributed by atoms with Crippen LogP contribution in [0.15, 0.2) is 40.6 Å². The van der Waals surface area contributed by atoms with Gasteiger partial charge in [-0.1, -0.05) is 6.07 Å². The fraction of sp³-hybridized carbons (Fsp3) is 0.312. The van der Waals surface area contributed by atoms with Crippen molar-refractivity contribution in [2.45, 2.75) is 31.3 Å². The molecule has 1 unspecified atom stereocenters. The molecule has 0 bridgehead atoms. The number of amides is 1. The lowest BCUT2D eigenvalue weighted by molar-refractivity contribution is -0.114. The Morgan fingerprint density at radius 3 is 2.58 bits per heavy atom. The van der Waals surface area contributed by atoms with Gasteiger partial charge in [0.1, 0.15) is 5.60 Å². The highest BCUT2D eigenvalue weighted by molar-refractivity contribution is 7.89. The summed E-state index contributed by atoms with van der Waals surface area (Å²) >= 11 is 1.36. The number of hydrogen-bond donors (Lipinski definition) is 3. The second kappa shape index (κ2) is 7.02. The van der Waals surface area contributed by atoms with Gasteiger partial charge in [0.05, 0.1) is 4.90 Å². The Morgan fingerprint density at radius 1 is 1.33 bits per heavy atom. The molecule has 0 aliphatic heterocycles. The van der Waals surface area contributed by atoms with E-state index in [1.165, 1.54) is 30.4 Å². The third-order valence-electron chi connectivity index (χ3n) is 3.44. The number of benzene rings is 1. The maximum Gasteiger partial charge on any atom is 0.240 e. The molecule has 1 heterocycles. The molecule has 1 amide bonds. The van der Waals surface area contributed by atoms with Crippen LogP contribution in [-0.4, -0.2) is 26.0 Å². The van der Waals surface area contributed by atoms with E-state index in [-0.39, 0.29) is 17.3 Å². The molecule has 130 valence electrons. The first-order valence-electron chi connectivity index (χ1n) is 7.26. The largest absolute Gasteiger partial charge is 0.383 e. The van der Waals surface area contributed by atoms with Crippen LogP contribution in [0.4, 0.5) is 5.69 Å². The quantitative estimate of drug-likeness (QED) is 0.728. The monoisotopic (exact) mass is 368 g/mol. The highest BCUT2D eigenvalue weighted by Crippen LogP contribution is 2.26. The third kappa shape index (κ3) is 4.41. The summed E-state index contributed by atoms with van der Waals surface area (Å²) in [6.45, 7) is 4.46. The molecule has 24 heavy (non-hydrogen) atoms.